The molecule has 1 saturated carbocycles. The Kier molecular flexibility index (Phi) is 4.18. The molecule has 0 N–H and O–H groups in total. The minimum absolute atomic E-state index is 0.0705. The van der Waals surface area contributed by atoms with Gasteiger partial charge in [-0.2, -0.15) is 0 Å². The molecule has 0 aliphatic heterocycles. The van der Waals surface area contributed by atoms with Crippen molar-refractivity contribution in [1.29, 1.82) is 0 Å². The maximum Gasteiger partial charge on any atom is 0.305 e. The number of ether oxygens (including phenoxy) is 1. The summed E-state index contributed by atoms with van der Waals surface area (Å²) in [5.41, 5.74) is 0.454. The molecule has 1 fully saturated rings. The topological polar surface area (TPSA) is 26.3 Å². The van der Waals surface area contributed by atoms with Crippen LogP contribution in [-0.4, -0.2) is 13.1 Å². The van der Waals surface area contributed by atoms with Crippen molar-refractivity contribution in [2.45, 2.75) is 52.9 Å². The van der Waals surface area contributed by atoms with Gasteiger partial charge in [-0.1, -0.05) is 20.8 Å². The van der Waals surface area contributed by atoms with Crippen molar-refractivity contribution < 1.29 is 9.53 Å². The van der Waals surface area contributed by atoms with Crippen molar-refractivity contribution in [3.63, 3.8) is 0 Å². The fraction of sp³-hybridized carbons (Fsp3) is 0.923. The third-order valence-corrected chi connectivity index (χ3v) is 4.43. The highest BCUT2D eigenvalue weighted by molar-refractivity contribution is 5.68. The van der Waals surface area contributed by atoms with E-state index in [2.05, 4.69) is 25.5 Å². The summed E-state index contributed by atoms with van der Waals surface area (Å²) >= 11 is 0. The van der Waals surface area contributed by atoms with Gasteiger partial charge in [0.2, 0.25) is 0 Å². The number of carbonyl (C=O) groups is 1. The Balaban J connectivity index is 2.31. The molecule has 2 atom stereocenters. The first-order valence-electron chi connectivity index (χ1n) is 6.05. The van der Waals surface area contributed by atoms with E-state index >= 15 is 0 Å². The van der Waals surface area contributed by atoms with Crippen molar-refractivity contribution in [3.05, 3.63) is 0 Å². The maximum atomic E-state index is 11.0. The number of hydrogen-bond acceptors (Lipinski definition) is 2. The van der Waals surface area contributed by atoms with Gasteiger partial charge in [0.15, 0.2) is 0 Å². The summed E-state index contributed by atoms with van der Waals surface area (Å²) in [5.74, 6) is 1.54. The van der Waals surface area contributed by atoms with E-state index < -0.39 is 0 Å². The molecule has 1 rings (SSSR count). The summed E-state index contributed by atoms with van der Waals surface area (Å²) in [6, 6.07) is 0. The van der Waals surface area contributed by atoms with Crippen LogP contribution in [0.15, 0.2) is 0 Å². The van der Waals surface area contributed by atoms with E-state index in [1.807, 2.05) is 0 Å². The molecule has 1 aliphatic rings. The van der Waals surface area contributed by atoms with Gasteiger partial charge >= 0.3 is 5.97 Å². The van der Waals surface area contributed by atoms with Gasteiger partial charge in [0.05, 0.1) is 7.11 Å². The number of hydrogen-bond donors (Lipinski definition) is 0. The second-order valence-corrected chi connectivity index (χ2v) is 5.47. The lowest BCUT2D eigenvalue weighted by Gasteiger charge is -2.31. The highest BCUT2D eigenvalue weighted by atomic mass is 16.5. The van der Waals surface area contributed by atoms with Crippen LogP contribution in [0.25, 0.3) is 0 Å². The molecule has 0 aromatic rings. The fourth-order valence-electron chi connectivity index (χ4n) is 2.71. The van der Waals surface area contributed by atoms with Gasteiger partial charge in [0.1, 0.15) is 0 Å². The van der Waals surface area contributed by atoms with Gasteiger partial charge in [-0.3, -0.25) is 4.79 Å². The zero-order valence-electron chi connectivity index (χ0n) is 10.5. The molecule has 0 radical (unpaired) electrons. The van der Waals surface area contributed by atoms with Crippen molar-refractivity contribution >= 4 is 5.97 Å². The van der Waals surface area contributed by atoms with E-state index in [0.717, 1.165) is 18.3 Å². The zero-order valence-corrected chi connectivity index (χ0v) is 10.5. The molecule has 0 bridgehead atoms. The smallest absolute Gasteiger partial charge is 0.305 e. The van der Waals surface area contributed by atoms with Crippen LogP contribution in [0.1, 0.15) is 52.9 Å². The lowest BCUT2D eigenvalue weighted by molar-refractivity contribution is -0.140. The standard InChI is InChI=1S/C13H24O2/c1-10-8-9-11(13(10,2)3)6-5-7-12(14)15-4/h10-11H,5-9H2,1-4H3. The van der Waals surface area contributed by atoms with Crippen LogP contribution in [0, 0.1) is 17.3 Å². The highest BCUT2D eigenvalue weighted by Crippen LogP contribution is 2.49. The number of esters is 1. The predicted molar refractivity (Wildman–Crippen MR) is 61.5 cm³/mol. The van der Waals surface area contributed by atoms with E-state index in [9.17, 15) is 4.79 Å². The SMILES string of the molecule is COC(=O)CCCC1CCC(C)C1(C)C. The zero-order chi connectivity index (χ0) is 11.5. The molecule has 2 nitrogen and oxygen atoms in total. The molecular weight excluding hydrogens is 188 g/mol. The van der Waals surface area contributed by atoms with Gasteiger partial charge in [0.25, 0.3) is 0 Å². The molecule has 1 aliphatic carbocycles. The number of carbonyl (C=O) groups excluding carboxylic acids is 1. The largest absolute Gasteiger partial charge is 0.469 e. The van der Waals surface area contributed by atoms with Crippen molar-refractivity contribution in [1.82, 2.24) is 0 Å². The van der Waals surface area contributed by atoms with Gasteiger partial charge in [-0.15, -0.1) is 0 Å². The molecule has 2 unspecified atom stereocenters. The van der Waals surface area contributed by atoms with E-state index in [0.29, 0.717) is 11.8 Å². The third kappa shape index (κ3) is 2.96. The summed E-state index contributed by atoms with van der Waals surface area (Å²) in [7, 11) is 1.46. The first-order valence-corrected chi connectivity index (χ1v) is 6.05. The Morgan fingerprint density at radius 2 is 2.07 bits per heavy atom. The second-order valence-electron chi connectivity index (χ2n) is 5.47. The van der Waals surface area contributed by atoms with Crippen LogP contribution < -0.4 is 0 Å². The second kappa shape index (κ2) is 5.00. The monoisotopic (exact) mass is 212 g/mol. The Morgan fingerprint density at radius 3 is 2.53 bits per heavy atom. The number of rotatable bonds is 4. The van der Waals surface area contributed by atoms with E-state index in [4.69, 9.17) is 0 Å². The molecule has 88 valence electrons. The predicted octanol–water partition coefficient (Wildman–Crippen LogP) is 3.40. The van der Waals surface area contributed by atoms with E-state index in [1.165, 1.54) is 26.4 Å². The van der Waals surface area contributed by atoms with Crippen LogP contribution in [0.5, 0.6) is 0 Å². The number of methoxy groups -OCH3 is 1. The Labute approximate surface area is 93.4 Å². The van der Waals surface area contributed by atoms with Crippen LogP contribution in [0.3, 0.4) is 0 Å². The van der Waals surface area contributed by atoms with Gasteiger partial charge < -0.3 is 4.74 Å². The molecule has 0 saturated heterocycles. The highest BCUT2D eigenvalue weighted by Gasteiger charge is 2.39. The van der Waals surface area contributed by atoms with Crippen LogP contribution >= 0.6 is 0 Å². The molecule has 15 heavy (non-hydrogen) atoms. The Morgan fingerprint density at radius 1 is 1.40 bits per heavy atom. The Hall–Kier alpha value is -0.530. The minimum Gasteiger partial charge on any atom is -0.469 e. The van der Waals surface area contributed by atoms with Crippen LogP contribution in [-0.2, 0) is 9.53 Å². The summed E-state index contributed by atoms with van der Waals surface area (Å²) in [6.07, 6.45) is 5.41. The average Bonchev–Trinajstić information content (AvgIpc) is 2.44. The van der Waals surface area contributed by atoms with Gasteiger partial charge in [0, 0.05) is 6.42 Å². The normalized spacial score (nSPS) is 29.1. The van der Waals surface area contributed by atoms with E-state index in [-0.39, 0.29) is 5.97 Å². The van der Waals surface area contributed by atoms with Crippen LogP contribution in [0.2, 0.25) is 0 Å². The first-order chi connectivity index (χ1) is 6.98. The fourth-order valence-corrected chi connectivity index (χ4v) is 2.71. The van der Waals surface area contributed by atoms with Crippen molar-refractivity contribution in [3.8, 4) is 0 Å². The molecule has 0 aromatic carbocycles. The summed E-state index contributed by atoms with van der Waals surface area (Å²) in [5, 5.41) is 0. The lowest BCUT2D eigenvalue weighted by Crippen LogP contribution is -2.23. The quantitative estimate of drug-likeness (QED) is 0.668. The molecule has 0 aromatic heterocycles. The molecule has 0 amide bonds. The first kappa shape index (κ1) is 12.5. The van der Waals surface area contributed by atoms with Gasteiger partial charge in [-0.05, 0) is 42.9 Å². The molecule has 0 spiro atoms. The van der Waals surface area contributed by atoms with Crippen molar-refractivity contribution in [2.75, 3.05) is 7.11 Å². The summed E-state index contributed by atoms with van der Waals surface area (Å²) in [4.78, 5) is 11.0. The van der Waals surface area contributed by atoms with Crippen LogP contribution in [0.4, 0.5) is 0 Å². The minimum atomic E-state index is -0.0705. The lowest BCUT2D eigenvalue weighted by atomic mass is 9.74. The van der Waals surface area contributed by atoms with Crippen molar-refractivity contribution in [2.24, 2.45) is 17.3 Å². The average molecular weight is 212 g/mol. The van der Waals surface area contributed by atoms with E-state index in [1.54, 1.807) is 0 Å². The molecular formula is C13H24O2. The molecule has 0 heterocycles. The summed E-state index contributed by atoms with van der Waals surface area (Å²) < 4.78 is 4.65. The molecule has 2 heteroatoms. The van der Waals surface area contributed by atoms with Gasteiger partial charge in [-0.25, -0.2) is 0 Å². The maximum absolute atomic E-state index is 11.0. The summed E-state index contributed by atoms with van der Waals surface area (Å²) in [6.45, 7) is 7.08. The Bertz CT molecular complexity index is 221. The third-order valence-electron chi connectivity index (χ3n) is 4.43.